The van der Waals surface area contributed by atoms with E-state index in [-0.39, 0.29) is 16.0 Å². The number of nitrogens with one attached hydrogen (secondary N) is 2. The van der Waals surface area contributed by atoms with Crippen molar-refractivity contribution in [1.82, 2.24) is 24.5 Å². The lowest BCUT2D eigenvalue weighted by Gasteiger charge is -2.13. The van der Waals surface area contributed by atoms with Gasteiger partial charge in [-0.15, -0.1) is 0 Å². The highest BCUT2D eigenvalue weighted by atomic mass is 79.9. The molecule has 13 heteroatoms. The molecule has 4 rings (SSSR count). The van der Waals surface area contributed by atoms with Crippen LogP contribution in [-0.4, -0.2) is 24.5 Å². The number of rotatable bonds is 2. The summed E-state index contributed by atoms with van der Waals surface area (Å²) in [5.74, 6) is 0.201. The molecule has 0 aliphatic heterocycles. The summed E-state index contributed by atoms with van der Waals surface area (Å²) >= 11 is 18.8. The van der Waals surface area contributed by atoms with Gasteiger partial charge in [-0.05, 0) is 68.3 Å². The molecule has 148 valence electrons. The maximum Gasteiger partial charge on any atom is 0.348 e. The smallest absolute Gasteiger partial charge is 0.348 e. The van der Waals surface area contributed by atoms with Gasteiger partial charge in [-0.2, -0.15) is 14.5 Å². The van der Waals surface area contributed by atoms with Gasteiger partial charge in [0.2, 0.25) is 4.77 Å². The van der Waals surface area contributed by atoms with Crippen molar-refractivity contribution in [1.29, 1.82) is 0 Å². The first-order valence-electron chi connectivity index (χ1n) is 7.76. The Morgan fingerprint density at radius 2 is 1.62 bits per heavy atom. The number of fused-ring (bicyclic) bond motifs is 1. The first kappa shape index (κ1) is 20.7. The number of H-pyrrole nitrogens is 2. The standard InChI is InChI=1S/C16H8Br4N6O2S/c17-5-1-7(19)11(9(21)3-5)13-23-24-16(29)25(13)26-14(27)12-8(20)2-6(18)4-10(12)22-15(26)28/h1-4H,21H2,(H,22,28)(H,24,29). The largest absolute Gasteiger partial charge is 0.398 e. The molecule has 0 atom stereocenters. The van der Waals surface area contributed by atoms with Crippen molar-refractivity contribution >= 4 is 92.5 Å². The summed E-state index contributed by atoms with van der Waals surface area (Å²) in [4.78, 5) is 28.8. The Kier molecular flexibility index (Phi) is 5.44. The van der Waals surface area contributed by atoms with Gasteiger partial charge >= 0.3 is 5.69 Å². The number of anilines is 1. The molecule has 0 fully saturated rings. The fourth-order valence-electron chi connectivity index (χ4n) is 2.91. The predicted octanol–water partition coefficient (Wildman–Crippen LogP) is 4.55. The average Bonchev–Trinajstić information content (AvgIpc) is 2.94. The van der Waals surface area contributed by atoms with E-state index < -0.39 is 11.2 Å². The van der Waals surface area contributed by atoms with Crippen LogP contribution < -0.4 is 17.0 Å². The van der Waals surface area contributed by atoms with Gasteiger partial charge in [0.05, 0.1) is 16.5 Å². The minimum absolute atomic E-state index is 0.0504. The Balaban J connectivity index is 2.13. The van der Waals surface area contributed by atoms with Gasteiger partial charge in [-0.25, -0.2) is 9.89 Å². The van der Waals surface area contributed by atoms with Gasteiger partial charge < -0.3 is 10.7 Å². The zero-order valence-corrected chi connectivity index (χ0v) is 21.1. The molecule has 4 aromatic rings. The third kappa shape index (κ3) is 3.48. The molecule has 29 heavy (non-hydrogen) atoms. The lowest BCUT2D eigenvalue weighted by Crippen LogP contribution is -2.40. The lowest BCUT2D eigenvalue weighted by molar-refractivity contribution is 0.593. The van der Waals surface area contributed by atoms with Crippen molar-refractivity contribution in [3.63, 3.8) is 0 Å². The van der Waals surface area contributed by atoms with Crippen LogP contribution in [0.4, 0.5) is 5.69 Å². The Bertz CT molecular complexity index is 1460. The minimum atomic E-state index is -0.682. The number of aromatic amines is 2. The van der Waals surface area contributed by atoms with Gasteiger partial charge in [0.25, 0.3) is 5.56 Å². The van der Waals surface area contributed by atoms with E-state index in [2.05, 4.69) is 78.9 Å². The summed E-state index contributed by atoms with van der Waals surface area (Å²) < 4.78 is 4.73. The molecule has 8 nitrogen and oxygen atoms in total. The van der Waals surface area contributed by atoms with Crippen molar-refractivity contribution in [2.45, 2.75) is 0 Å². The molecule has 0 radical (unpaired) electrons. The Labute approximate surface area is 200 Å². The number of nitrogens with two attached hydrogens (primary N) is 1. The maximum atomic E-state index is 13.3. The van der Waals surface area contributed by atoms with E-state index in [0.717, 1.165) is 9.15 Å². The van der Waals surface area contributed by atoms with Crippen LogP contribution in [0.3, 0.4) is 0 Å². The normalized spacial score (nSPS) is 11.3. The number of benzene rings is 2. The summed E-state index contributed by atoms with van der Waals surface area (Å²) in [5.41, 5.74) is 6.13. The van der Waals surface area contributed by atoms with Crippen molar-refractivity contribution in [2.75, 3.05) is 5.73 Å². The third-order valence-electron chi connectivity index (χ3n) is 4.05. The molecule has 0 unspecified atom stereocenters. The molecular formula is C16H8Br4N6O2S. The van der Waals surface area contributed by atoms with E-state index in [0.29, 0.717) is 30.2 Å². The number of hydrogen-bond donors (Lipinski definition) is 3. The van der Waals surface area contributed by atoms with Crippen LogP contribution in [0.15, 0.2) is 51.7 Å². The molecule has 0 amide bonds. The van der Waals surface area contributed by atoms with Crippen molar-refractivity contribution in [3.8, 4) is 11.4 Å². The average molecular weight is 668 g/mol. The van der Waals surface area contributed by atoms with E-state index in [4.69, 9.17) is 18.0 Å². The van der Waals surface area contributed by atoms with Crippen molar-refractivity contribution < 1.29 is 0 Å². The Morgan fingerprint density at radius 3 is 2.31 bits per heavy atom. The molecule has 2 aromatic heterocycles. The second kappa shape index (κ2) is 7.61. The highest BCUT2D eigenvalue weighted by Crippen LogP contribution is 2.35. The SMILES string of the molecule is Nc1cc(Br)cc(Br)c1-c1n[nH]c(=S)n1-n1c(=O)[nH]c2cc(Br)cc(Br)c2c1=O. The Hall–Kier alpha value is -1.54. The van der Waals surface area contributed by atoms with Gasteiger partial charge in [0.15, 0.2) is 5.82 Å². The van der Waals surface area contributed by atoms with E-state index >= 15 is 0 Å². The van der Waals surface area contributed by atoms with Crippen LogP contribution in [-0.2, 0) is 0 Å². The second-order valence-electron chi connectivity index (χ2n) is 5.87. The molecule has 0 aliphatic carbocycles. The van der Waals surface area contributed by atoms with Crippen LogP contribution in [0.2, 0.25) is 0 Å². The van der Waals surface area contributed by atoms with Crippen molar-refractivity contribution in [2.24, 2.45) is 0 Å². The number of nitrogens with zero attached hydrogens (tertiary/aromatic N) is 3. The maximum absolute atomic E-state index is 13.3. The summed E-state index contributed by atoms with van der Waals surface area (Å²) in [7, 11) is 0. The Morgan fingerprint density at radius 1 is 0.966 bits per heavy atom. The third-order valence-corrected chi connectivity index (χ3v) is 6.49. The van der Waals surface area contributed by atoms with Gasteiger partial charge in [-0.1, -0.05) is 31.9 Å². The van der Waals surface area contributed by atoms with Crippen LogP contribution >= 0.6 is 75.9 Å². The summed E-state index contributed by atoms with van der Waals surface area (Å²) in [6, 6.07) is 6.82. The number of nitrogen functional groups attached to an aromatic ring is 1. The number of aromatic nitrogens is 5. The van der Waals surface area contributed by atoms with E-state index in [1.54, 1.807) is 24.3 Å². The summed E-state index contributed by atoms with van der Waals surface area (Å²) in [6.45, 7) is 0. The first-order chi connectivity index (χ1) is 13.7. The molecule has 0 bridgehead atoms. The van der Waals surface area contributed by atoms with Gasteiger partial charge in [0, 0.05) is 23.6 Å². The molecule has 0 spiro atoms. The van der Waals surface area contributed by atoms with Crippen molar-refractivity contribution in [3.05, 3.63) is 67.8 Å². The minimum Gasteiger partial charge on any atom is -0.398 e. The van der Waals surface area contributed by atoms with Crippen LogP contribution in [0.5, 0.6) is 0 Å². The predicted molar refractivity (Wildman–Crippen MR) is 128 cm³/mol. The highest BCUT2D eigenvalue weighted by molar-refractivity contribution is 9.11. The van der Waals surface area contributed by atoms with E-state index in [1.165, 1.54) is 4.68 Å². The van der Waals surface area contributed by atoms with E-state index in [9.17, 15) is 9.59 Å². The lowest BCUT2D eigenvalue weighted by atomic mass is 10.2. The van der Waals surface area contributed by atoms with Gasteiger partial charge in [0.1, 0.15) is 0 Å². The fraction of sp³-hybridized carbons (Fsp3) is 0. The molecule has 0 aliphatic rings. The molecule has 2 aromatic carbocycles. The van der Waals surface area contributed by atoms with E-state index in [1.807, 2.05) is 0 Å². The zero-order valence-electron chi connectivity index (χ0n) is 14.0. The van der Waals surface area contributed by atoms with Crippen LogP contribution in [0.1, 0.15) is 0 Å². The molecule has 0 saturated carbocycles. The molecule has 2 heterocycles. The first-order valence-corrected chi connectivity index (χ1v) is 11.3. The number of hydrogen-bond acceptors (Lipinski definition) is 5. The van der Waals surface area contributed by atoms with Crippen LogP contribution in [0.25, 0.3) is 22.3 Å². The summed E-state index contributed by atoms with van der Waals surface area (Å²) in [6.07, 6.45) is 0. The fourth-order valence-corrected chi connectivity index (χ4v) is 5.95. The molecule has 0 saturated heterocycles. The zero-order chi connectivity index (χ0) is 21.0. The second-order valence-corrected chi connectivity index (χ2v) is 9.80. The monoisotopic (exact) mass is 664 g/mol. The quantitative estimate of drug-likeness (QED) is 0.214. The number of halogens is 4. The topological polar surface area (TPSA) is 114 Å². The van der Waals surface area contributed by atoms with Crippen LogP contribution in [0, 0.1) is 4.77 Å². The molecule has 4 N–H and O–H groups in total. The molecular weight excluding hydrogens is 660 g/mol. The highest BCUT2D eigenvalue weighted by Gasteiger charge is 2.21. The van der Waals surface area contributed by atoms with Gasteiger partial charge in [-0.3, -0.25) is 4.79 Å². The summed E-state index contributed by atoms with van der Waals surface area (Å²) in [5, 5.41) is 7.11.